The number of carbonyl (C=O) groups is 1. The molecule has 0 bridgehead atoms. The molecule has 2 N–H and O–H groups in total. The van der Waals surface area contributed by atoms with Crippen molar-refractivity contribution in [2.45, 2.75) is 6.42 Å². The summed E-state index contributed by atoms with van der Waals surface area (Å²) in [6, 6.07) is 7.47. The van der Waals surface area contributed by atoms with Crippen molar-refractivity contribution in [1.82, 2.24) is 25.0 Å². The average Bonchev–Trinajstić information content (AvgIpc) is 3.28. The van der Waals surface area contributed by atoms with Crippen molar-refractivity contribution in [3.63, 3.8) is 0 Å². The molecule has 8 heteroatoms. The molecule has 2 atom stereocenters. The fourth-order valence-corrected chi connectivity index (χ4v) is 4.28. The van der Waals surface area contributed by atoms with Gasteiger partial charge in [0.1, 0.15) is 6.33 Å². The molecule has 2 aliphatic rings. The van der Waals surface area contributed by atoms with E-state index in [1.807, 2.05) is 29.2 Å². The molecule has 0 aliphatic carbocycles. The van der Waals surface area contributed by atoms with E-state index in [0.717, 1.165) is 44.8 Å². The molecule has 0 spiro atoms. The lowest BCUT2D eigenvalue weighted by Crippen LogP contribution is -2.49. The predicted octanol–water partition coefficient (Wildman–Crippen LogP) is 0.874. The summed E-state index contributed by atoms with van der Waals surface area (Å²) >= 11 is 0. The topological polar surface area (TPSA) is 94.6 Å². The number of nitrogens with zero attached hydrogens (tertiary/aromatic N) is 4. The molecular formula is C20H27N5O3. The second kappa shape index (κ2) is 8.81. The first-order valence-corrected chi connectivity index (χ1v) is 9.89. The molecule has 0 saturated carbocycles. The van der Waals surface area contributed by atoms with Crippen molar-refractivity contribution in [2.75, 3.05) is 52.5 Å². The van der Waals surface area contributed by atoms with Gasteiger partial charge in [0.15, 0.2) is 5.82 Å². The smallest absolute Gasteiger partial charge is 0.254 e. The summed E-state index contributed by atoms with van der Waals surface area (Å²) in [5.74, 6) is 1.04. The number of aliphatic hydroxyl groups excluding tert-OH is 1. The lowest BCUT2D eigenvalue weighted by atomic mass is 9.88. The van der Waals surface area contributed by atoms with E-state index in [4.69, 9.17) is 4.74 Å². The van der Waals surface area contributed by atoms with Crippen LogP contribution in [0.2, 0.25) is 0 Å². The normalized spacial score (nSPS) is 23.7. The molecule has 0 radical (unpaired) electrons. The summed E-state index contributed by atoms with van der Waals surface area (Å²) in [5.41, 5.74) is 1.36. The van der Waals surface area contributed by atoms with Crippen LogP contribution in [0.1, 0.15) is 16.8 Å². The summed E-state index contributed by atoms with van der Waals surface area (Å²) in [6.07, 6.45) is 2.39. The Bertz CT molecular complexity index is 776. The Morgan fingerprint density at radius 3 is 2.75 bits per heavy atom. The molecule has 2 fully saturated rings. The van der Waals surface area contributed by atoms with Gasteiger partial charge < -0.3 is 14.7 Å². The Kier molecular flexibility index (Phi) is 5.99. The number of piperidine rings is 1. The van der Waals surface area contributed by atoms with Gasteiger partial charge in [-0.3, -0.25) is 14.8 Å². The van der Waals surface area contributed by atoms with Crippen LogP contribution in [0.5, 0.6) is 0 Å². The highest BCUT2D eigenvalue weighted by Gasteiger charge is 2.32. The first kappa shape index (κ1) is 19.0. The number of aromatic amines is 1. The van der Waals surface area contributed by atoms with Gasteiger partial charge in [-0.2, -0.15) is 5.10 Å². The van der Waals surface area contributed by atoms with Gasteiger partial charge in [0.2, 0.25) is 0 Å². The standard InChI is InChI=1S/C20H27N5O3/c26-13-16-9-15(10-24-5-7-28-8-6-24)11-25(12-16)20(27)18-4-2-1-3-17(18)19-21-14-22-23-19/h1-4,14-16,26H,5-13H2,(H,21,22,23)/t15-,16-/m1/s1. The number of benzene rings is 1. The van der Waals surface area contributed by atoms with Gasteiger partial charge in [-0.1, -0.05) is 18.2 Å². The molecule has 4 rings (SSSR count). The fraction of sp³-hybridized carbons (Fsp3) is 0.550. The Morgan fingerprint density at radius 2 is 2.00 bits per heavy atom. The summed E-state index contributed by atoms with van der Waals surface area (Å²) < 4.78 is 5.44. The highest BCUT2D eigenvalue weighted by Crippen LogP contribution is 2.27. The molecule has 8 nitrogen and oxygen atoms in total. The number of likely N-dealkylation sites (tertiary alicyclic amines) is 1. The first-order chi connectivity index (χ1) is 13.7. The molecule has 1 aromatic heterocycles. The van der Waals surface area contributed by atoms with E-state index in [1.165, 1.54) is 6.33 Å². The molecule has 2 saturated heterocycles. The molecule has 1 amide bonds. The van der Waals surface area contributed by atoms with E-state index in [9.17, 15) is 9.90 Å². The first-order valence-electron chi connectivity index (χ1n) is 9.89. The maximum atomic E-state index is 13.4. The highest BCUT2D eigenvalue weighted by molar-refractivity contribution is 6.00. The van der Waals surface area contributed by atoms with Gasteiger partial charge in [-0.05, 0) is 24.3 Å². The van der Waals surface area contributed by atoms with Crippen LogP contribution < -0.4 is 0 Å². The van der Waals surface area contributed by atoms with Gasteiger partial charge in [-0.15, -0.1) is 0 Å². The third-order valence-corrected chi connectivity index (χ3v) is 5.62. The monoisotopic (exact) mass is 385 g/mol. The van der Waals surface area contributed by atoms with Crippen molar-refractivity contribution in [3.05, 3.63) is 36.2 Å². The van der Waals surface area contributed by atoms with Crippen molar-refractivity contribution in [2.24, 2.45) is 11.8 Å². The number of hydrogen-bond acceptors (Lipinski definition) is 6. The molecule has 2 aromatic rings. The van der Waals surface area contributed by atoms with Crippen molar-refractivity contribution >= 4 is 5.91 Å². The Labute approximate surface area is 164 Å². The highest BCUT2D eigenvalue weighted by atomic mass is 16.5. The van der Waals surface area contributed by atoms with Crippen LogP contribution >= 0.6 is 0 Å². The van der Waals surface area contributed by atoms with E-state index < -0.39 is 0 Å². The number of amides is 1. The zero-order valence-electron chi connectivity index (χ0n) is 16.0. The molecule has 150 valence electrons. The predicted molar refractivity (Wildman–Crippen MR) is 104 cm³/mol. The lowest BCUT2D eigenvalue weighted by Gasteiger charge is -2.40. The van der Waals surface area contributed by atoms with Crippen LogP contribution in [0.15, 0.2) is 30.6 Å². The van der Waals surface area contributed by atoms with Gasteiger partial charge in [0.25, 0.3) is 5.91 Å². The number of aromatic nitrogens is 3. The maximum Gasteiger partial charge on any atom is 0.254 e. The van der Waals surface area contributed by atoms with Crippen molar-refractivity contribution in [3.8, 4) is 11.4 Å². The third-order valence-electron chi connectivity index (χ3n) is 5.62. The molecule has 2 aliphatic heterocycles. The number of ether oxygens (including phenoxy) is 1. The van der Waals surface area contributed by atoms with Gasteiger partial charge in [0.05, 0.1) is 18.8 Å². The van der Waals surface area contributed by atoms with Crippen molar-refractivity contribution in [1.29, 1.82) is 0 Å². The van der Waals surface area contributed by atoms with E-state index in [1.54, 1.807) is 0 Å². The summed E-state index contributed by atoms with van der Waals surface area (Å²) in [4.78, 5) is 21.9. The van der Waals surface area contributed by atoms with Crippen LogP contribution in [0.4, 0.5) is 0 Å². The van der Waals surface area contributed by atoms with Crippen molar-refractivity contribution < 1.29 is 14.6 Å². The second-order valence-corrected chi connectivity index (χ2v) is 7.65. The van der Waals surface area contributed by atoms with E-state index in [0.29, 0.717) is 30.4 Å². The van der Waals surface area contributed by atoms with E-state index in [-0.39, 0.29) is 18.4 Å². The molecule has 28 heavy (non-hydrogen) atoms. The van der Waals surface area contributed by atoms with Gasteiger partial charge in [-0.25, -0.2) is 4.98 Å². The Hall–Kier alpha value is -2.29. The quantitative estimate of drug-likeness (QED) is 0.793. The van der Waals surface area contributed by atoms with Crippen LogP contribution in [0, 0.1) is 11.8 Å². The minimum absolute atomic E-state index is 0.0165. The summed E-state index contributed by atoms with van der Waals surface area (Å²) in [5, 5.41) is 16.5. The zero-order valence-corrected chi connectivity index (χ0v) is 16.0. The number of aliphatic hydroxyl groups is 1. The van der Waals surface area contributed by atoms with E-state index in [2.05, 4.69) is 20.1 Å². The molecule has 3 heterocycles. The minimum Gasteiger partial charge on any atom is -0.396 e. The number of morpholine rings is 1. The number of hydrogen-bond donors (Lipinski definition) is 2. The fourth-order valence-electron chi connectivity index (χ4n) is 4.28. The molecular weight excluding hydrogens is 358 g/mol. The average molecular weight is 385 g/mol. The Balaban J connectivity index is 1.51. The second-order valence-electron chi connectivity index (χ2n) is 7.65. The molecule has 0 unspecified atom stereocenters. The summed E-state index contributed by atoms with van der Waals surface area (Å²) in [6.45, 7) is 5.73. The van der Waals surface area contributed by atoms with Crippen LogP contribution in [-0.2, 0) is 4.74 Å². The number of H-pyrrole nitrogens is 1. The van der Waals surface area contributed by atoms with E-state index >= 15 is 0 Å². The third kappa shape index (κ3) is 4.24. The Morgan fingerprint density at radius 1 is 1.21 bits per heavy atom. The van der Waals surface area contributed by atoms with Gasteiger partial charge in [0, 0.05) is 44.9 Å². The SMILES string of the molecule is O=C(c1ccccc1-c1ncn[nH]1)N1C[C@H](CO)C[C@H](CN2CCOCC2)C1. The summed E-state index contributed by atoms with van der Waals surface area (Å²) in [7, 11) is 0. The maximum absolute atomic E-state index is 13.4. The largest absolute Gasteiger partial charge is 0.396 e. The van der Waals surface area contributed by atoms with Crippen LogP contribution in [0.3, 0.4) is 0 Å². The van der Waals surface area contributed by atoms with Gasteiger partial charge >= 0.3 is 0 Å². The zero-order chi connectivity index (χ0) is 19.3. The van der Waals surface area contributed by atoms with Crippen LogP contribution in [-0.4, -0.2) is 88.5 Å². The molecule has 1 aromatic carbocycles. The minimum atomic E-state index is -0.0165. The number of rotatable bonds is 5. The van der Waals surface area contributed by atoms with Crippen LogP contribution in [0.25, 0.3) is 11.4 Å². The number of nitrogens with one attached hydrogen (secondary N) is 1. The lowest BCUT2D eigenvalue weighted by molar-refractivity contribution is 0.0130. The number of carbonyl (C=O) groups excluding carboxylic acids is 1.